The quantitative estimate of drug-likeness (QED) is 0.399. The van der Waals surface area contributed by atoms with Crippen LogP contribution in [0.3, 0.4) is 0 Å². The topological polar surface area (TPSA) is 94.2 Å². The molecule has 1 heterocycles. The number of anilines is 1. The number of sulfonamides is 1. The molecule has 0 aliphatic carbocycles. The Balaban J connectivity index is 1.57. The van der Waals surface area contributed by atoms with Gasteiger partial charge in [-0.25, -0.2) is 8.42 Å². The minimum atomic E-state index is -4.02. The molecular weight excluding hydrogens is 528 g/mol. The summed E-state index contributed by atoms with van der Waals surface area (Å²) in [6, 6.07) is 18.6. The summed E-state index contributed by atoms with van der Waals surface area (Å²) < 4.78 is 45.6. The van der Waals surface area contributed by atoms with E-state index in [0.717, 1.165) is 5.56 Å². The number of carbonyl (C=O) groups is 1. The molecule has 0 fully saturated rings. The Morgan fingerprint density at radius 3 is 2.47 bits per heavy atom. The summed E-state index contributed by atoms with van der Waals surface area (Å²) in [7, 11) is -2.50. The monoisotopic (exact) mass is 558 g/mol. The largest absolute Gasteiger partial charge is 0.497 e. The molecule has 0 spiro atoms. The Morgan fingerprint density at radius 1 is 1.11 bits per heavy atom. The third-order valence-electron chi connectivity index (χ3n) is 6.13. The fraction of sp³-hybridized carbons (Fsp3) is 0.321. The van der Waals surface area contributed by atoms with Crippen molar-refractivity contribution in [2.24, 2.45) is 0 Å². The van der Waals surface area contributed by atoms with Gasteiger partial charge in [0.1, 0.15) is 23.9 Å². The highest BCUT2D eigenvalue weighted by Gasteiger charge is 2.38. The summed E-state index contributed by atoms with van der Waals surface area (Å²) in [5.41, 5.74) is 1.11. The van der Waals surface area contributed by atoms with Crippen LogP contribution in [-0.2, 0) is 20.2 Å². The lowest BCUT2D eigenvalue weighted by molar-refractivity contribution is -0.127. The number of carbonyl (C=O) groups excluding carboxylic acids is 1. The molecule has 1 aliphatic rings. The van der Waals surface area contributed by atoms with Crippen LogP contribution in [0.1, 0.15) is 26.3 Å². The highest BCUT2D eigenvalue weighted by molar-refractivity contribution is 7.92. The predicted molar refractivity (Wildman–Crippen MR) is 147 cm³/mol. The van der Waals surface area contributed by atoms with Crippen LogP contribution < -0.4 is 23.8 Å². The minimum absolute atomic E-state index is 0.0830. The first-order valence-corrected chi connectivity index (χ1v) is 14.0. The molecule has 8 nitrogen and oxygen atoms in total. The van der Waals surface area contributed by atoms with E-state index in [2.05, 4.69) is 5.32 Å². The smallest absolute Gasteiger partial charge is 0.264 e. The summed E-state index contributed by atoms with van der Waals surface area (Å²) in [5, 5.41) is 3.24. The fourth-order valence-corrected chi connectivity index (χ4v) is 5.63. The zero-order valence-corrected chi connectivity index (χ0v) is 23.3. The van der Waals surface area contributed by atoms with Crippen LogP contribution >= 0.6 is 11.6 Å². The molecule has 0 bridgehead atoms. The molecule has 10 heteroatoms. The number of para-hydroxylation sites is 1. The molecule has 1 unspecified atom stereocenters. The molecule has 3 aromatic rings. The normalized spacial score (nSPS) is 15.3. The fourth-order valence-electron chi connectivity index (χ4n) is 3.97. The summed E-state index contributed by atoms with van der Waals surface area (Å²) in [6.07, 6.45) is -1.06. The van der Waals surface area contributed by atoms with Gasteiger partial charge in [0, 0.05) is 0 Å². The van der Waals surface area contributed by atoms with E-state index in [1.807, 2.05) is 32.9 Å². The van der Waals surface area contributed by atoms with Crippen molar-refractivity contribution < 1.29 is 27.4 Å². The first-order valence-electron chi connectivity index (χ1n) is 12.1. The molecular formula is C28H31ClN2O6S. The van der Waals surface area contributed by atoms with Crippen molar-refractivity contribution in [2.45, 2.75) is 37.2 Å². The van der Waals surface area contributed by atoms with Crippen molar-refractivity contribution >= 4 is 33.2 Å². The maximum Gasteiger partial charge on any atom is 0.264 e. The van der Waals surface area contributed by atoms with E-state index in [9.17, 15) is 13.2 Å². The van der Waals surface area contributed by atoms with E-state index < -0.39 is 22.0 Å². The summed E-state index contributed by atoms with van der Waals surface area (Å²) >= 11 is 6.10. The molecule has 3 aromatic carbocycles. The number of rotatable bonds is 8. The summed E-state index contributed by atoms with van der Waals surface area (Å²) in [6.45, 7) is 6.31. The van der Waals surface area contributed by atoms with Gasteiger partial charge in [0.15, 0.2) is 6.10 Å². The molecule has 0 saturated heterocycles. The second-order valence-electron chi connectivity index (χ2n) is 9.82. The Hall–Kier alpha value is -3.43. The molecule has 0 saturated carbocycles. The van der Waals surface area contributed by atoms with Crippen molar-refractivity contribution in [3.8, 4) is 17.2 Å². The van der Waals surface area contributed by atoms with E-state index in [0.29, 0.717) is 28.0 Å². The number of nitrogens with one attached hydrogen (secondary N) is 1. The Morgan fingerprint density at radius 2 is 1.82 bits per heavy atom. The highest BCUT2D eigenvalue weighted by atomic mass is 35.5. The van der Waals surface area contributed by atoms with Gasteiger partial charge in [-0.15, -0.1) is 0 Å². The third-order valence-corrected chi connectivity index (χ3v) is 8.24. The van der Waals surface area contributed by atoms with Gasteiger partial charge in [0.05, 0.1) is 35.8 Å². The number of hydrogen-bond acceptors (Lipinski definition) is 6. The summed E-state index contributed by atoms with van der Waals surface area (Å²) in [4.78, 5) is 13.1. The van der Waals surface area contributed by atoms with Crippen LogP contribution in [0.25, 0.3) is 0 Å². The highest BCUT2D eigenvalue weighted by Crippen LogP contribution is 2.40. The molecule has 202 valence electrons. The zero-order chi connectivity index (χ0) is 27.5. The van der Waals surface area contributed by atoms with Crippen LogP contribution in [0, 0.1) is 0 Å². The van der Waals surface area contributed by atoms with E-state index in [1.165, 1.54) is 23.5 Å². The average Bonchev–Trinajstić information content (AvgIpc) is 2.90. The van der Waals surface area contributed by atoms with Crippen LogP contribution in [0.15, 0.2) is 71.6 Å². The van der Waals surface area contributed by atoms with Crippen LogP contribution in [0.5, 0.6) is 17.2 Å². The van der Waals surface area contributed by atoms with Gasteiger partial charge in [0.25, 0.3) is 15.9 Å². The van der Waals surface area contributed by atoms with Gasteiger partial charge in [0.2, 0.25) is 0 Å². The SMILES string of the molecule is COc1ccc(S(=O)(=O)N2CC(C(=O)NCCOc3ccccc3Cl)Oc3ccc(C(C)(C)C)cc32)cc1. The Kier molecular flexibility index (Phi) is 8.08. The number of ether oxygens (including phenoxy) is 3. The molecule has 1 atom stereocenters. The molecule has 38 heavy (non-hydrogen) atoms. The molecule has 0 radical (unpaired) electrons. The molecule has 0 aromatic heterocycles. The van der Waals surface area contributed by atoms with Crippen LogP contribution in [0.4, 0.5) is 5.69 Å². The standard InChI is InChI=1S/C28H31ClN2O6S/c1-28(2,3)19-9-14-25-23(17-19)31(38(33,34)21-12-10-20(35-4)11-13-21)18-26(37-25)27(32)30-15-16-36-24-8-6-5-7-22(24)29/h5-14,17,26H,15-16,18H2,1-4H3,(H,30,32). The number of amides is 1. The van der Waals surface area contributed by atoms with Gasteiger partial charge >= 0.3 is 0 Å². The molecule has 1 amide bonds. The first kappa shape index (κ1) is 27.6. The lowest BCUT2D eigenvalue weighted by atomic mass is 9.86. The van der Waals surface area contributed by atoms with Gasteiger partial charge in [-0.3, -0.25) is 9.10 Å². The number of fused-ring (bicyclic) bond motifs is 1. The Bertz CT molecular complexity index is 1400. The van der Waals surface area contributed by atoms with Gasteiger partial charge in [-0.1, -0.05) is 50.6 Å². The van der Waals surface area contributed by atoms with Crippen molar-refractivity contribution in [1.82, 2.24) is 5.32 Å². The third kappa shape index (κ3) is 6.00. The number of benzene rings is 3. The second kappa shape index (κ2) is 11.1. The number of nitrogens with zero attached hydrogens (tertiary/aromatic N) is 1. The molecule has 1 N–H and O–H groups in total. The maximum atomic E-state index is 13.8. The van der Waals surface area contributed by atoms with Crippen molar-refractivity contribution in [3.05, 3.63) is 77.3 Å². The van der Waals surface area contributed by atoms with Crippen molar-refractivity contribution in [2.75, 3.05) is 31.1 Å². The minimum Gasteiger partial charge on any atom is -0.497 e. The van der Waals surface area contributed by atoms with E-state index >= 15 is 0 Å². The number of halogens is 1. The zero-order valence-electron chi connectivity index (χ0n) is 21.7. The second-order valence-corrected chi connectivity index (χ2v) is 12.1. The maximum absolute atomic E-state index is 13.8. The van der Waals surface area contributed by atoms with Gasteiger partial charge in [-0.05, 0) is 59.5 Å². The number of methoxy groups -OCH3 is 1. The number of hydrogen-bond donors (Lipinski definition) is 1. The van der Waals surface area contributed by atoms with Gasteiger partial charge < -0.3 is 19.5 Å². The summed E-state index contributed by atoms with van der Waals surface area (Å²) in [5.74, 6) is 0.914. The van der Waals surface area contributed by atoms with Crippen molar-refractivity contribution in [3.63, 3.8) is 0 Å². The van der Waals surface area contributed by atoms with E-state index in [1.54, 1.807) is 42.5 Å². The van der Waals surface area contributed by atoms with E-state index in [4.69, 9.17) is 25.8 Å². The lowest BCUT2D eigenvalue weighted by Gasteiger charge is -2.36. The van der Waals surface area contributed by atoms with Crippen LogP contribution in [-0.4, -0.2) is 47.2 Å². The average molecular weight is 559 g/mol. The molecule has 1 aliphatic heterocycles. The lowest BCUT2D eigenvalue weighted by Crippen LogP contribution is -2.51. The van der Waals surface area contributed by atoms with E-state index in [-0.39, 0.29) is 30.0 Å². The molecule has 4 rings (SSSR count). The van der Waals surface area contributed by atoms with Crippen LogP contribution in [0.2, 0.25) is 5.02 Å². The predicted octanol–water partition coefficient (Wildman–Crippen LogP) is 4.80. The Labute approximate surface area is 228 Å². The van der Waals surface area contributed by atoms with Gasteiger partial charge in [-0.2, -0.15) is 0 Å². The van der Waals surface area contributed by atoms with Crippen molar-refractivity contribution in [1.29, 1.82) is 0 Å². The first-order chi connectivity index (χ1) is 18.0.